The summed E-state index contributed by atoms with van der Waals surface area (Å²) in [5.41, 5.74) is 3.30. The van der Waals surface area contributed by atoms with Crippen molar-refractivity contribution in [3.63, 3.8) is 0 Å². The van der Waals surface area contributed by atoms with Crippen LogP contribution in [0.3, 0.4) is 0 Å². The molecule has 0 saturated carbocycles. The summed E-state index contributed by atoms with van der Waals surface area (Å²) >= 11 is 0. The van der Waals surface area contributed by atoms with E-state index in [0.29, 0.717) is 28.9 Å². The Morgan fingerprint density at radius 2 is 1.48 bits per heavy atom. The summed E-state index contributed by atoms with van der Waals surface area (Å²) in [5, 5.41) is 5.91. The lowest BCUT2D eigenvalue weighted by atomic mass is 9.98. The molecule has 5 rings (SSSR count). The molecular weight excluding hydrogens is 565 g/mol. The predicted octanol–water partition coefficient (Wildman–Crippen LogP) is 7.01. The van der Waals surface area contributed by atoms with E-state index in [1.807, 2.05) is 61.5 Å². The van der Waals surface area contributed by atoms with Crippen molar-refractivity contribution in [1.82, 2.24) is 10.2 Å². The molecule has 1 saturated heterocycles. The molecule has 1 heterocycles. The van der Waals surface area contributed by atoms with E-state index in [2.05, 4.69) is 20.4 Å². The van der Waals surface area contributed by atoms with Gasteiger partial charge in [0.2, 0.25) is 5.91 Å². The molecule has 0 spiro atoms. The van der Waals surface area contributed by atoms with E-state index in [1.165, 1.54) is 12.1 Å². The number of amides is 2. The number of nitrogens with zero attached hydrogens (tertiary/aromatic N) is 2. The number of rotatable bonds is 8. The van der Waals surface area contributed by atoms with E-state index in [4.69, 9.17) is 0 Å². The normalized spacial score (nSPS) is 14.9. The smallest absolute Gasteiger partial charge is 0.370 e. The first-order valence-electron chi connectivity index (χ1n) is 14.7. The first-order chi connectivity index (χ1) is 21.2. The number of carbonyl (C=O) groups is 2. The molecule has 1 atom stereocenters. The highest BCUT2D eigenvalue weighted by atomic mass is 19.4. The van der Waals surface area contributed by atoms with Crippen LogP contribution in [0.4, 0.5) is 24.5 Å². The van der Waals surface area contributed by atoms with Crippen LogP contribution in [0.15, 0.2) is 103 Å². The Labute approximate surface area is 255 Å². The lowest BCUT2D eigenvalue weighted by molar-refractivity contribution is -0.137. The van der Waals surface area contributed by atoms with Crippen LogP contribution in [-0.2, 0) is 11.0 Å². The molecule has 44 heavy (non-hydrogen) atoms. The average Bonchev–Trinajstić information content (AvgIpc) is 3.28. The summed E-state index contributed by atoms with van der Waals surface area (Å²) in [5.74, 6) is -0.344. The minimum Gasteiger partial charge on any atom is -0.370 e. The van der Waals surface area contributed by atoms with Crippen molar-refractivity contribution in [2.75, 3.05) is 42.9 Å². The molecule has 4 aromatic carbocycles. The number of hydrogen-bond acceptors (Lipinski definition) is 4. The zero-order valence-electron chi connectivity index (χ0n) is 24.5. The molecule has 0 radical (unpaired) electrons. The molecule has 0 bridgehead atoms. The van der Waals surface area contributed by atoms with Crippen LogP contribution in [-0.4, -0.2) is 49.4 Å². The first-order valence-corrected chi connectivity index (χ1v) is 14.7. The molecule has 0 aromatic heterocycles. The Hall–Kier alpha value is -4.63. The zero-order chi connectivity index (χ0) is 31.1. The molecule has 6 nitrogen and oxygen atoms in total. The highest BCUT2D eigenvalue weighted by Crippen LogP contribution is 2.32. The van der Waals surface area contributed by atoms with Gasteiger partial charge in [-0.2, -0.15) is 13.2 Å². The van der Waals surface area contributed by atoms with Crippen molar-refractivity contribution in [3.8, 4) is 11.1 Å². The van der Waals surface area contributed by atoms with Gasteiger partial charge in [-0.15, -0.1) is 0 Å². The Balaban J connectivity index is 1.25. The highest BCUT2D eigenvalue weighted by Gasteiger charge is 2.31. The highest BCUT2D eigenvalue weighted by molar-refractivity contribution is 6.08. The first kappa shape index (κ1) is 30.8. The van der Waals surface area contributed by atoms with Crippen molar-refractivity contribution in [2.24, 2.45) is 0 Å². The second-order valence-electron chi connectivity index (χ2n) is 10.7. The van der Waals surface area contributed by atoms with Crippen LogP contribution in [0.5, 0.6) is 0 Å². The van der Waals surface area contributed by atoms with Crippen LogP contribution < -0.4 is 15.5 Å². The van der Waals surface area contributed by atoms with Crippen molar-refractivity contribution in [1.29, 1.82) is 0 Å². The summed E-state index contributed by atoms with van der Waals surface area (Å²) < 4.78 is 39.1. The molecule has 1 aliphatic rings. The van der Waals surface area contributed by atoms with E-state index in [1.54, 1.807) is 24.3 Å². The SMILES string of the molecule is CCNC(=O)C(c1ccccc1)N1CCCN(c2ccc(NC(=O)c3ccccc3-c3ccc(C(F)(F)F)cc3)cc2)CC1. The van der Waals surface area contributed by atoms with Gasteiger partial charge in [-0.3, -0.25) is 14.5 Å². The standard InChI is InChI=1S/C35H35F3N4O2/c1-2-39-34(44)32(26-9-4-3-5-10-26)42-22-8-21-41(23-24-42)29-19-17-28(18-20-29)40-33(43)31-12-7-6-11-30(31)25-13-15-27(16-14-25)35(36,37)38/h3-7,9-20,32H,2,8,21-24H2,1H3,(H,39,44)(H,40,43). The fourth-order valence-electron chi connectivity index (χ4n) is 5.61. The van der Waals surface area contributed by atoms with Crippen LogP contribution >= 0.6 is 0 Å². The van der Waals surface area contributed by atoms with Gasteiger partial charge in [0.15, 0.2) is 0 Å². The lowest BCUT2D eigenvalue weighted by Gasteiger charge is -2.30. The number of halogens is 3. The molecule has 228 valence electrons. The van der Waals surface area contributed by atoms with E-state index < -0.39 is 11.7 Å². The van der Waals surface area contributed by atoms with Crippen LogP contribution in [0.25, 0.3) is 11.1 Å². The molecule has 1 fully saturated rings. The summed E-state index contributed by atoms with van der Waals surface area (Å²) in [6.45, 7) is 5.59. The third-order valence-electron chi connectivity index (χ3n) is 7.80. The van der Waals surface area contributed by atoms with Crippen LogP contribution in [0.2, 0.25) is 0 Å². The van der Waals surface area contributed by atoms with E-state index in [9.17, 15) is 22.8 Å². The van der Waals surface area contributed by atoms with Crippen molar-refractivity contribution in [2.45, 2.75) is 25.6 Å². The van der Waals surface area contributed by atoms with Gasteiger partial charge in [0.05, 0.1) is 5.56 Å². The molecule has 9 heteroatoms. The average molecular weight is 601 g/mol. The van der Waals surface area contributed by atoms with Crippen molar-refractivity contribution < 1.29 is 22.8 Å². The van der Waals surface area contributed by atoms with E-state index in [-0.39, 0.29) is 17.9 Å². The van der Waals surface area contributed by atoms with E-state index >= 15 is 0 Å². The summed E-state index contributed by atoms with van der Waals surface area (Å²) in [6.07, 6.45) is -3.54. The van der Waals surface area contributed by atoms with Gasteiger partial charge in [0, 0.05) is 49.7 Å². The van der Waals surface area contributed by atoms with Gasteiger partial charge >= 0.3 is 6.18 Å². The Morgan fingerprint density at radius 3 is 2.16 bits per heavy atom. The number of alkyl halides is 3. The molecular formula is C35H35F3N4O2. The Bertz CT molecular complexity index is 1560. The van der Waals surface area contributed by atoms with E-state index in [0.717, 1.165) is 56.0 Å². The lowest BCUT2D eigenvalue weighted by Crippen LogP contribution is -2.42. The maximum atomic E-state index is 13.2. The second kappa shape index (κ2) is 13.8. The monoisotopic (exact) mass is 600 g/mol. The number of carbonyl (C=O) groups excluding carboxylic acids is 2. The van der Waals surface area contributed by atoms with Crippen LogP contribution in [0, 0.1) is 0 Å². The van der Waals surface area contributed by atoms with Gasteiger partial charge in [0.1, 0.15) is 6.04 Å². The maximum Gasteiger partial charge on any atom is 0.416 e. The maximum absolute atomic E-state index is 13.2. The molecule has 4 aromatic rings. The molecule has 2 N–H and O–H groups in total. The molecule has 1 unspecified atom stereocenters. The van der Waals surface area contributed by atoms with Crippen molar-refractivity contribution >= 4 is 23.2 Å². The van der Waals surface area contributed by atoms with Gasteiger partial charge in [-0.25, -0.2) is 0 Å². The number of likely N-dealkylation sites (N-methyl/N-ethyl adjacent to an activating group) is 1. The van der Waals surface area contributed by atoms with Crippen molar-refractivity contribution in [3.05, 3.63) is 120 Å². The van der Waals surface area contributed by atoms with Gasteiger partial charge < -0.3 is 15.5 Å². The second-order valence-corrected chi connectivity index (χ2v) is 10.7. The third kappa shape index (κ3) is 7.29. The minimum absolute atomic E-state index is 0.00661. The summed E-state index contributed by atoms with van der Waals surface area (Å²) in [4.78, 5) is 30.8. The predicted molar refractivity (Wildman–Crippen MR) is 168 cm³/mol. The topological polar surface area (TPSA) is 64.7 Å². The molecule has 0 aliphatic carbocycles. The minimum atomic E-state index is -4.43. The Morgan fingerprint density at radius 1 is 0.795 bits per heavy atom. The van der Waals surface area contributed by atoms with Gasteiger partial charge in [-0.05, 0) is 72.5 Å². The van der Waals surface area contributed by atoms with Gasteiger partial charge in [-0.1, -0.05) is 60.7 Å². The Kier molecular flexibility index (Phi) is 9.65. The largest absolute Gasteiger partial charge is 0.416 e. The van der Waals surface area contributed by atoms with Crippen LogP contribution in [0.1, 0.15) is 40.9 Å². The number of anilines is 2. The molecule has 1 aliphatic heterocycles. The number of benzene rings is 4. The van der Waals surface area contributed by atoms with Gasteiger partial charge in [0.25, 0.3) is 5.91 Å². The fourth-order valence-corrected chi connectivity index (χ4v) is 5.61. The molecule has 2 amide bonds. The zero-order valence-corrected chi connectivity index (χ0v) is 24.5. The number of nitrogens with one attached hydrogen (secondary N) is 2. The quantitative estimate of drug-likeness (QED) is 0.228. The fraction of sp³-hybridized carbons (Fsp3) is 0.257. The summed E-state index contributed by atoms with van der Waals surface area (Å²) in [7, 11) is 0. The number of hydrogen-bond donors (Lipinski definition) is 2. The summed E-state index contributed by atoms with van der Waals surface area (Å²) in [6, 6.07) is 28.8. The third-order valence-corrected chi connectivity index (χ3v) is 7.80.